The van der Waals surface area contributed by atoms with Crippen molar-refractivity contribution in [1.82, 2.24) is 19.9 Å². The Labute approximate surface area is 142 Å². The van der Waals surface area contributed by atoms with Crippen LogP contribution in [0.15, 0.2) is 24.3 Å². The average Bonchev–Trinajstić information content (AvgIpc) is 3.03. The van der Waals surface area contributed by atoms with E-state index in [4.69, 9.17) is 0 Å². The molecule has 2 aliphatic carbocycles. The molecule has 0 radical (unpaired) electrons. The maximum atomic E-state index is 12.8. The van der Waals surface area contributed by atoms with Crippen molar-refractivity contribution in [2.75, 3.05) is 7.05 Å². The molecule has 0 bridgehead atoms. The molecule has 1 heterocycles. The Bertz CT molecular complexity index is 752. The number of carbonyl (C=O) groups excluding carboxylic acids is 1. The molecule has 24 heavy (non-hydrogen) atoms. The minimum absolute atomic E-state index is 0.120. The first-order chi connectivity index (χ1) is 11.7. The summed E-state index contributed by atoms with van der Waals surface area (Å²) in [5, 5.41) is 8.49. The molecule has 4 rings (SSSR count). The molecule has 1 aromatic heterocycles. The molecule has 1 unspecified atom stereocenters. The summed E-state index contributed by atoms with van der Waals surface area (Å²) in [6.45, 7) is 0.303. The molecular formula is C19H24N4O. The lowest BCUT2D eigenvalue weighted by Gasteiger charge is -2.33. The minimum Gasteiger partial charge on any atom is -0.337 e. The number of hydrogen-bond donors (Lipinski definition) is 0. The van der Waals surface area contributed by atoms with Gasteiger partial charge in [0.15, 0.2) is 0 Å². The fourth-order valence-corrected chi connectivity index (χ4v) is 4.09. The smallest absolute Gasteiger partial charge is 0.244 e. The Kier molecular flexibility index (Phi) is 4.08. The third kappa shape index (κ3) is 2.72. The van der Waals surface area contributed by atoms with Gasteiger partial charge in [-0.15, -0.1) is 5.10 Å². The molecule has 126 valence electrons. The number of rotatable bonds is 3. The summed E-state index contributed by atoms with van der Waals surface area (Å²) in [4.78, 5) is 14.8. The van der Waals surface area contributed by atoms with Crippen molar-refractivity contribution in [2.45, 2.75) is 57.5 Å². The second-order valence-corrected chi connectivity index (χ2v) is 6.96. The Morgan fingerprint density at radius 2 is 2.04 bits per heavy atom. The quantitative estimate of drug-likeness (QED) is 0.872. The van der Waals surface area contributed by atoms with E-state index in [-0.39, 0.29) is 11.9 Å². The fraction of sp³-hybridized carbons (Fsp3) is 0.526. The fourth-order valence-electron chi connectivity index (χ4n) is 4.09. The molecule has 1 atom stereocenters. The van der Waals surface area contributed by atoms with Gasteiger partial charge in [-0.2, -0.15) is 0 Å². The number of fused-ring (bicyclic) bond motifs is 2. The van der Waals surface area contributed by atoms with Crippen LogP contribution in [-0.2, 0) is 30.6 Å². The first kappa shape index (κ1) is 15.4. The van der Waals surface area contributed by atoms with Crippen LogP contribution in [0.4, 0.5) is 0 Å². The van der Waals surface area contributed by atoms with E-state index in [2.05, 4.69) is 34.6 Å². The molecule has 0 saturated carbocycles. The monoisotopic (exact) mass is 324 g/mol. The molecule has 0 aliphatic heterocycles. The van der Waals surface area contributed by atoms with Crippen LogP contribution in [0.25, 0.3) is 0 Å². The van der Waals surface area contributed by atoms with Crippen LogP contribution in [0, 0.1) is 0 Å². The summed E-state index contributed by atoms with van der Waals surface area (Å²) in [7, 11) is 1.93. The van der Waals surface area contributed by atoms with E-state index in [1.807, 2.05) is 16.6 Å². The minimum atomic E-state index is 0.120. The largest absolute Gasteiger partial charge is 0.337 e. The van der Waals surface area contributed by atoms with E-state index in [1.54, 1.807) is 0 Å². The molecule has 0 saturated heterocycles. The van der Waals surface area contributed by atoms with Crippen molar-refractivity contribution < 1.29 is 4.79 Å². The summed E-state index contributed by atoms with van der Waals surface area (Å²) in [6, 6.07) is 8.70. The highest BCUT2D eigenvalue weighted by atomic mass is 16.2. The Morgan fingerprint density at radius 3 is 2.96 bits per heavy atom. The molecular weight excluding hydrogens is 300 g/mol. The highest BCUT2D eigenvalue weighted by Crippen LogP contribution is 2.33. The Morgan fingerprint density at radius 1 is 1.21 bits per heavy atom. The van der Waals surface area contributed by atoms with Crippen LogP contribution in [0.5, 0.6) is 0 Å². The van der Waals surface area contributed by atoms with E-state index < -0.39 is 0 Å². The van der Waals surface area contributed by atoms with Crippen molar-refractivity contribution in [3.8, 4) is 0 Å². The Balaban J connectivity index is 1.52. The maximum absolute atomic E-state index is 12.8. The highest BCUT2D eigenvalue weighted by Gasteiger charge is 2.27. The number of aromatic nitrogens is 3. The van der Waals surface area contributed by atoms with Crippen molar-refractivity contribution in [3.63, 3.8) is 0 Å². The predicted molar refractivity (Wildman–Crippen MR) is 91.6 cm³/mol. The molecule has 5 nitrogen and oxygen atoms in total. The number of benzene rings is 1. The van der Waals surface area contributed by atoms with Crippen molar-refractivity contribution in [2.24, 2.45) is 0 Å². The number of nitrogens with zero attached hydrogens (tertiary/aromatic N) is 4. The third-order valence-electron chi connectivity index (χ3n) is 5.48. The van der Waals surface area contributed by atoms with Crippen LogP contribution >= 0.6 is 0 Å². The molecule has 1 amide bonds. The number of amides is 1. The summed E-state index contributed by atoms with van der Waals surface area (Å²) in [5.74, 6) is 0.120. The van der Waals surface area contributed by atoms with Gasteiger partial charge in [0.2, 0.25) is 5.91 Å². The van der Waals surface area contributed by atoms with Gasteiger partial charge in [0.05, 0.1) is 17.4 Å². The van der Waals surface area contributed by atoms with Gasteiger partial charge < -0.3 is 4.90 Å². The van der Waals surface area contributed by atoms with E-state index in [1.165, 1.54) is 24.0 Å². The van der Waals surface area contributed by atoms with E-state index in [0.717, 1.165) is 43.5 Å². The first-order valence-electron chi connectivity index (χ1n) is 8.99. The second kappa shape index (κ2) is 6.38. The third-order valence-corrected chi connectivity index (χ3v) is 5.48. The van der Waals surface area contributed by atoms with Gasteiger partial charge >= 0.3 is 0 Å². The van der Waals surface area contributed by atoms with Gasteiger partial charge in [-0.1, -0.05) is 29.5 Å². The lowest BCUT2D eigenvalue weighted by atomic mass is 9.87. The standard InChI is InChI=1S/C19H24N4O/c1-22(17-12-6-8-14-7-2-3-9-15(14)17)19(24)13-23-18-11-5-4-10-16(18)20-21-23/h2-3,7,9,17H,4-6,8,10-13H2,1H3. The zero-order valence-electron chi connectivity index (χ0n) is 14.2. The van der Waals surface area contributed by atoms with Gasteiger partial charge in [0.1, 0.15) is 6.54 Å². The number of likely N-dealkylation sites (N-methyl/N-ethyl adjacent to an activating group) is 1. The van der Waals surface area contributed by atoms with Gasteiger partial charge in [-0.25, -0.2) is 4.68 Å². The van der Waals surface area contributed by atoms with Crippen LogP contribution in [0.2, 0.25) is 0 Å². The van der Waals surface area contributed by atoms with Crippen LogP contribution < -0.4 is 0 Å². The summed E-state index contributed by atoms with van der Waals surface area (Å²) in [5.41, 5.74) is 4.93. The predicted octanol–water partition coefficient (Wildman–Crippen LogP) is 2.69. The van der Waals surface area contributed by atoms with Crippen molar-refractivity contribution in [3.05, 3.63) is 46.8 Å². The van der Waals surface area contributed by atoms with Crippen LogP contribution in [0.3, 0.4) is 0 Å². The van der Waals surface area contributed by atoms with Crippen LogP contribution in [0.1, 0.15) is 54.2 Å². The summed E-state index contributed by atoms with van der Waals surface area (Å²) < 4.78 is 1.82. The molecule has 5 heteroatoms. The van der Waals surface area contributed by atoms with Crippen LogP contribution in [-0.4, -0.2) is 32.8 Å². The summed E-state index contributed by atoms with van der Waals surface area (Å²) in [6.07, 6.45) is 7.62. The zero-order valence-corrected chi connectivity index (χ0v) is 14.2. The molecule has 0 spiro atoms. The second-order valence-electron chi connectivity index (χ2n) is 6.96. The maximum Gasteiger partial charge on any atom is 0.244 e. The van der Waals surface area contributed by atoms with Gasteiger partial charge in [0.25, 0.3) is 0 Å². The van der Waals surface area contributed by atoms with Gasteiger partial charge in [-0.05, 0) is 56.1 Å². The van der Waals surface area contributed by atoms with E-state index in [0.29, 0.717) is 6.54 Å². The van der Waals surface area contributed by atoms with Crippen molar-refractivity contribution in [1.29, 1.82) is 0 Å². The van der Waals surface area contributed by atoms with Crippen molar-refractivity contribution >= 4 is 5.91 Å². The molecule has 0 fully saturated rings. The molecule has 1 aromatic carbocycles. The van der Waals surface area contributed by atoms with Gasteiger partial charge in [0, 0.05) is 7.05 Å². The highest BCUT2D eigenvalue weighted by molar-refractivity contribution is 5.76. The number of aryl methyl sites for hydroxylation is 2. The lowest BCUT2D eigenvalue weighted by Crippen LogP contribution is -2.36. The zero-order chi connectivity index (χ0) is 16.5. The van der Waals surface area contributed by atoms with E-state index >= 15 is 0 Å². The topological polar surface area (TPSA) is 51.0 Å². The molecule has 2 aliphatic rings. The lowest BCUT2D eigenvalue weighted by molar-refractivity contribution is -0.133. The van der Waals surface area contributed by atoms with Gasteiger partial charge in [-0.3, -0.25) is 4.79 Å². The Hall–Kier alpha value is -2.17. The average molecular weight is 324 g/mol. The number of carbonyl (C=O) groups is 1. The normalized spacial score (nSPS) is 19.5. The van der Waals surface area contributed by atoms with E-state index in [9.17, 15) is 4.79 Å². The summed E-state index contributed by atoms with van der Waals surface area (Å²) >= 11 is 0. The first-order valence-corrected chi connectivity index (χ1v) is 8.99. The SMILES string of the molecule is CN(C(=O)Cn1nnc2c1CCCC2)C1CCCc2ccccc21. The molecule has 0 N–H and O–H groups in total. The molecule has 2 aromatic rings. The number of hydrogen-bond acceptors (Lipinski definition) is 3.